The lowest BCUT2D eigenvalue weighted by atomic mass is 9.97. The van der Waals surface area contributed by atoms with Gasteiger partial charge in [-0.2, -0.15) is 0 Å². The fourth-order valence-corrected chi connectivity index (χ4v) is 3.67. The van der Waals surface area contributed by atoms with Crippen molar-refractivity contribution in [2.24, 2.45) is 0 Å². The summed E-state index contributed by atoms with van der Waals surface area (Å²) in [4.78, 5) is 3.51. The van der Waals surface area contributed by atoms with E-state index in [1.807, 2.05) is 18.2 Å². The number of hydrogen-bond acceptors (Lipinski definition) is 2. The molecule has 0 aliphatic carbocycles. The summed E-state index contributed by atoms with van der Waals surface area (Å²) in [6, 6.07) is 20.7. The molecule has 1 heterocycles. The second kappa shape index (κ2) is 7.85. The van der Waals surface area contributed by atoms with Crippen LogP contribution in [0.25, 0.3) is 32.9 Å². The summed E-state index contributed by atoms with van der Waals surface area (Å²) in [5, 5.41) is 12.1. The van der Waals surface area contributed by atoms with Gasteiger partial charge in [-0.15, -0.1) is 0 Å². The van der Waals surface area contributed by atoms with E-state index in [0.717, 1.165) is 46.1 Å². The average molecular weight is 359 g/mol. The van der Waals surface area contributed by atoms with Crippen LogP contribution in [-0.4, -0.2) is 16.7 Å². The minimum atomic E-state index is 0.0127. The first-order chi connectivity index (χ1) is 13.3. The predicted octanol–water partition coefficient (Wildman–Crippen LogP) is 6.05. The molecule has 0 aliphatic heterocycles. The summed E-state index contributed by atoms with van der Waals surface area (Å²) >= 11 is 0. The molecular weight excluding hydrogens is 334 g/mol. The normalized spacial score (nSPS) is 11.3. The van der Waals surface area contributed by atoms with E-state index in [1.54, 1.807) is 0 Å². The molecule has 4 rings (SSSR count). The predicted molar refractivity (Wildman–Crippen MR) is 112 cm³/mol. The number of aliphatic hydroxyl groups is 1. The van der Waals surface area contributed by atoms with Gasteiger partial charge in [0, 0.05) is 22.4 Å². The van der Waals surface area contributed by atoms with Crippen molar-refractivity contribution >= 4 is 21.8 Å². The van der Waals surface area contributed by atoms with E-state index < -0.39 is 0 Å². The molecule has 0 saturated carbocycles. The lowest BCUT2D eigenvalue weighted by molar-refractivity contribution is 0.283. The van der Waals surface area contributed by atoms with Gasteiger partial charge in [0.05, 0.1) is 24.2 Å². The maximum absolute atomic E-state index is 9.80. The number of rotatable bonds is 7. The summed E-state index contributed by atoms with van der Waals surface area (Å²) < 4.78 is 5.91. The minimum Gasteiger partial charge on any atom is -0.494 e. The Morgan fingerprint density at radius 3 is 2.59 bits per heavy atom. The Balaban J connectivity index is 1.82. The third-order valence-corrected chi connectivity index (χ3v) is 5.08. The monoisotopic (exact) mass is 359 g/mol. The molecule has 27 heavy (non-hydrogen) atoms. The highest BCUT2D eigenvalue weighted by molar-refractivity contribution is 6.15. The zero-order valence-corrected chi connectivity index (χ0v) is 15.7. The quantitative estimate of drug-likeness (QED) is 0.395. The largest absolute Gasteiger partial charge is 0.494 e. The van der Waals surface area contributed by atoms with Crippen molar-refractivity contribution in [1.29, 1.82) is 0 Å². The van der Waals surface area contributed by atoms with E-state index in [9.17, 15) is 5.11 Å². The van der Waals surface area contributed by atoms with Gasteiger partial charge in [-0.25, -0.2) is 0 Å². The van der Waals surface area contributed by atoms with Gasteiger partial charge in [-0.1, -0.05) is 62.2 Å². The van der Waals surface area contributed by atoms with Gasteiger partial charge in [-0.05, 0) is 29.7 Å². The molecule has 3 aromatic carbocycles. The number of hydrogen-bond donors (Lipinski definition) is 2. The maximum Gasteiger partial charge on any atom is 0.121 e. The Labute approximate surface area is 159 Å². The van der Waals surface area contributed by atoms with E-state index in [-0.39, 0.29) is 6.61 Å². The molecule has 0 fully saturated rings. The second-order valence-electron chi connectivity index (χ2n) is 6.93. The standard InChI is InChI=1S/C24H25NO2/c1-2-3-7-14-27-19-11-13-21-22(15-19)25-24-18(16-26)10-12-20(23(21)24)17-8-5-4-6-9-17/h4-6,8-13,15,25-26H,2-3,7,14,16H2,1H3. The minimum absolute atomic E-state index is 0.0127. The van der Waals surface area contributed by atoms with Crippen LogP contribution >= 0.6 is 0 Å². The smallest absolute Gasteiger partial charge is 0.121 e. The summed E-state index contributed by atoms with van der Waals surface area (Å²) in [5.74, 6) is 0.886. The Morgan fingerprint density at radius 1 is 0.963 bits per heavy atom. The third kappa shape index (κ3) is 3.43. The fraction of sp³-hybridized carbons (Fsp3) is 0.250. The second-order valence-corrected chi connectivity index (χ2v) is 6.93. The van der Waals surface area contributed by atoms with E-state index in [4.69, 9.17) is 4.74 Å². The van der Waals surface area contributed by atoms with E-state index in [0.29, 0.717) is 0 Å². The van der Waals surface area contributed by atoms with Crippen molar-refractivity contribution < 1.29 is 9.84 Å². The molecule has 0 bridgehead atoms. The number of aromatic amines is 1. The summed E-state index contributed by atoms with van der Waals surface area (Å²) in [6.45, 7) is 2.95. The zero-order chi connectivity index (χ0) is 18.6. The SMILES string of the molecule is CCCCCOc1ccc2c(c1)[nH]c1c(CO)ccc(-c3ccccc3)c12. The fourth-order valence-electron chi connectivity index (χ4n) is 3.67. The molecule has 0 radical (unpaired) electrons. The topological polar surface area (TPSA) is 45.2 Å². The van der Waals surface area contributed by atoms with Gasteiger partial charge in [0.2, 0.25) is 0 Å². The van der Waals surface area contributed by atoms with Gasteiger partial charge in [0.15, 0.2) is 0 Å². The molecule has 3 nitrogen and oxygen atoms in total. The summed E-state index contributed by atoms with van der Waals surface area (Å²) in [7, 11) is 0. The van der Waals surface area contributed by atoms with Crippen molar-refractivity contribution in [3.63, 3.8) is 0 Å². The molecule has 3 heteroatoms. The van der Waals surface area contributed by atoms with Crippen molar-refractivity contribution in [3.8, 4) is 16.9 Å². The molecule has 0 amide bonds. The molecule has 0 atom stereocenters. The number of benzene rings is 3. The first-order valence-electron chi connectivity index (χ1n) is 9.68. The van der Waals surface area contributed by atoms with Gasteiger partial charge in [0.25, 0.3) is 0 Å². The molecule has 0 unspecified atom stereocenters. The molecule has 138 valence electrons. The molecule has 0 saturated heterocycles. The molecule has 1 aromatic heterocycles. The summed E-state index contributed by atoms with van der Waals surface area (Å²) in [6.07, 6.45) is 3.46. The van der Waals surface area contributed by atoms with Crippen molar-refractivity contribution in [2.75, 3.05) is 6.61 Å². The number of nitrogens with one attached hydrogen (secondary N) is 1. The van der Waals surface area contributed by atoms with Crippen molar-refractivity contribution in [2.45, 2.75) is 32.8 Å². The number of ether oxygens (including phenoxy) is 1. The number of fused-ring (bicyclic) bond motifs is 3. The van der Waals surface area contributed by atoms with Crippen LogP contribution in [0.5, 0.6) is 5.75 Å². The van der Waals surface area contributed by atoms with Crippen molar-refractivity contribution in [3.05, 3.63) is 66.2 Å². The van der Waals surface area contributed by atoms with Gasteiger partial charge in [0.1, 0.15) is 5.75 Å². The summed E-state index contributed by atoms with van der Waals surface area (Å²) in [5.41, 5.74) is 5.29. The molecule has 0 spiro atoms. The van der Waals surface area contributed by atoms with Crippen molar-refractivity contribution in [1.82, 2.24) is 4.98 Å². The number of unbranched alkanes of at least 4 members (excludes halogenated alkanes) is 2. The molecule has 2 N–H and O–H groups in total. The van der Waals surface area contributed by atoms with Crippen LogP contribution in [0.15, 0.2) is 60.7 Å². The van der Waals surface area contributed by atoms with E-state index in [2.05, 4.69) is 54.4 Å². The van der Waals surface area contributed by atoms with E-state index >= 15 is 0 Å². The van der Waals surface area contributed by atoms with Crippen LogP contribution in [-0.2, 0) is 6.61 Å². The Hall–Kier alpha value is -2.78. The average Bonchev–Trinajstić information content (AvgIpc) is 3.10. The highest BCUT2D eigenvalue weighted by Gasteiger charge is 2.14. The van der Waals surface area contributed by atoms with Gasteiger partial charge in [-0.3, -0.25) is 0 Å². The van der Waals surface area contributed by atoms with Crippen LogP contribution in [0.4, 0.5) is 0 Å². The molecular formula is C24H25NO2. The van der Waals surface area contributed by atoms with E-state index in [1.165, 1.54) is 24.0 Å². The molecule has 0 aliphatic rings. The highest BCUT2D eigenvalue weighted by atomic mass is 16.5. The first-order valence-corrected chi connectivity index (χ1v) is 9.68. The van der Waals surface area contributed by atoms with Crippen LogP contribution in [0.1, 0.15) is 31.7 Å². The Bertz CT molecular complexity index is 1050. The zero-order valence-electron chi connectivity index (χ0n) is 15.7. The number of aromatic nitrogens is 1. The Morgan fingerprint density at radius 2 is 1.81 bits per heavy atom. The lowest BCUT2D eigenvalue weighted by Gasteiger charge is -2.08. The van der Waals surface area contributed by atoms with Crippen LogP contribution in [0.3, 0.4) is 0 Å². The Kier molecular flexibility index (Phi) is 5.12. The third-order valence-electron chi connectivity index (χ3n) is 5.08. The van der Waals surface area contributed by atoms with Crippen LogP contribution in [0.2, 0.25) is 0 Å². The van der Waals surface area contributed by atoms with Gasteiger partial charge >= 0.3 is 0 Å². The molecule has 4 aromatic rings. The lowest BCUT2D eigenvalue weighted by Crippen LogP contribution is -1.96. The van der Waals surface area contributed by atoms with Crippen LogP contribution in [0, 0.1) is 0 Å². The van der Waals surface area contributed by atoms with Crippen LogP contribution < -0.4 is 4.74 Å². The number of aliphatic hydroxyl groups excluding tert-OH is 1. The van der Waals surface area contributed by atoms with Gasteiger partial charge < -0.3 is 14.8 Å². The highest BCUT2D eigenvalue weighted by Crippen LogP contribution is 2.37. The number of H-pyrrole nitrogens is 1. The first kappa shape index (κ1) is 17.6. The maximum atomic E-state index is 9.80.